The summed E-state index contributed by atoms with van der Waals surface area (Å²) in [6.45, 7) is 3.88. The van der Waals surface area contributed by atoms with Gasteiger partial charge in [-0.25, -0.2) is 4.79 Å². The molecule has 2 rings (SSSR count). The third-order valence-electron chi connectivity index (χ3n) is 3.19. The minimum atomic E-state index is -0.414. The van der Waals surface area contributed by atoms with Crippen molar-refractivity contribution in [1.29, 1.82) is 0 Å². The maximum absolute atomic E-state index is 11.4. The van der Waals surface area contributed by atoms with E-state index in [1.807, 2.05) is 38.1 Å². The standard InChI is InChI=1S/C16H18O4/c1-16(2,19-4)10-9-12-13(18-3)7-5-11-6-8-14(17)20-15(11)12/h5-10H,1-4H3. The van der Waals surface area contributed by atoms with E-state index in [2.05, 4.69) is 0 Å². The molecule has 0 radical (unpaired) electrons. The van der Waals surface area contributed by atoms with Gasteiger partial charge in [0.15, 0.2) is 0 Å². The zero-order valence-electron chi connectivity index (χ0n) is 12.1. The predicted molar refractivity (Wildman–Crippen MR) is 79.2 cm³/mol. The lowest BCUT2D eigenvalue weighted by molar-refractivity contribution is 0.0663. The quantitative estimate of drug-likeness (QED) is 0.803. The zero-order valence-corrected chi connectivity index (χ0v) is 12.1. The summed E-state index contributed by atoms with van der Waals surface area (Å²) in [5.74, 6) is 0.648. The molecular weight excluding hydrogens is 256 g/mol. The first-order valence-electron chi connectivity index (χ1n) is 6.32. The topological polar surface area (TPSA) is 48.7 Å². The molecule has 0 saturated heterocycles. The van der Waals surface area contributed by atoms with E-state index in [4.69, 9.17) is 13.9 Å². The number of hydrogen-bond donors (Lipinski definition) is 0. The molecular formula is C16H18O4. The van der Waals surface area contributed by atoms with Gasteiger partial charge in [0, 0.05) is 18.6 Å². The van der Waals surface area contributed by atoms with E-state index < -0.39 is 5.60 Å². The van der Waals surface area contributed by atoms with Crippen LogP contribution in [0.1, 0.15) is 19.4 Å². The van der Waals surface area contributed by atoms with Crippen molar-refractivity contribution in [2.45, 2.75) is 19.4 Å². The van der Waals surface area contributed by atoms with Crippen LogP contribution in [0.2, 0.25) is 0 Å². The van der Waals surface area contributed by atoms with Crippen LogP contribution in [0.3, 0.4) is 0 Å². The summed E-state index contributed by atoms with van der Waals surface area (Å²) in [6.07, 6.45) is 3.75. The number of hydrogen-bond acceptors (Lipinski definition) is 4. The van der Waals surface area contributed by atoms with Crippen LogP contribution >= 0.6 is 0 Å². The van der Waals surface area contributed by atoms with Crippen molar-refractivity contribution in [1.82, 2.24) is 0 Å². The summed E-state index contributed by atoms with van der Waals surface area (Å²) < 4.78 is 16.0. The SMILES string of the molecule is COc1ccc2ccc(=O)oc2c1C=CC(C)(C)OC. The van der Waals surface area contributed by atoms with Crippen LogP contribution in [0.4, 0.5) is 0 Å². The fraction of sp³-hybridized carbons (Fsp3) is 0.312. The van der Waals surface area contributed by atoms with Gasteiger partial charge in [-0.3, -0.25) is 0 Å². The molecule has 106 valence electrons. The lowest BCUT2D eigenvalue weighted by Crippen LogP contribution is -2.18. The molecule has 2 aromatic rings. The Kier molecular flexibility index (Phi) is 3.95. The highest BCUT2D eigenvalue weighted by Gasteiger charge is 2.13. The molecule has 1 heterocycles. The van der Waals surface area contributed by atoms with Crippen LogP contribution in [0.15, 0.2) is 39.6 Å². The fourth-order valence-electron chi connectivity index (χ4n) is 1.82. The van der Waals surface area contributed by atoms with E-state index in [1.165, 1.54) is 6.07 Å². The van der Waals surface area contributed by atoms with Crippen LogP contribution in [0.25, 0.3) is 17.0 Å². The highest BCUT2D eigenvalue weighted by Crippen LogP contribution is 2.29. The number of methoxy groups -OCH3 is 2. The minimum Gasteiger partial charge on any atom is -0.496 e. The third-order valence-corrected chi connectivity index (χ3v) is 3.19. The molecule has 20 heavy (non-hydrogen) atoms. The number of fused-ring (bicyclic) bond motifs is 1. The van der Waals surface area contributed by atoms with E-state index in [-0.39, 0.29) is 5.63 Å². The number of ether oxygens (including phenoxy) is 2. The molecule has 4 heteroatoms. The monoisotopic (exact) mass is 274 g/mol. The molecule has 0 spiro atoms. The molecule has 0 aliphatic carbocycles. The van der Waals surface area contributed by atoms with Gasteiger partial charge in [-0.1, -0.05) is 6.08 Å². The third kappa shape index (κ3) is 2.91. The molecule has 0 aliphatic heterocycles. The average Bonchev–Trinajstić information content (AvgIpc) is 2.44. The molecule has 4 nitrogen and oxygen atoms in total. The van der Waals surface area contributed by atoms with Crippen LogP contribution in [-0.2, 0) is 4.74 Å². The molecule has 0 N–H and O–H groups in total. The Labute approximate surface area is 117 Å². The molecule has 1 aromatic heterocycles. The van der Waals surface area contributed by atoms with Crippen LogP contribution in [-0.4, -0.2) is 19.8 Å². The molecule has 0 fully saturated rings. The molecule has 0 unspecified atom stereocenters. The van der Waals surface area contributed by atoms with E-state index in [1.54, 1.807) is 20.3 Å². The summed E-state index contributed by atoms with van der Waals surface area (Å²) in [4.78, 5) is 11.4. The maximum atomic E-state index is 11.4. The Hall–Kier alpha value is -2.07. The summed E-state index contributed by atoms with van der Waals surface area (Å²) in [6, 6.07) is 6.85. The van der Waals surface area contributed by atoms with Gasteiger partial charge in [-0.15, -0.1) is 0 Å². The normalized spacial score (nSPS) is 12.2. The van der Waals surface area contributed by atoms with Gasteiger partial charge in [0.1, 0.15) is 11.3 Å². The minimum absolute atomic E-state index is 0.383. The Morgan fingerprint density at radius 2 is 1.85 bits per heavy atom. The summed E-state index contributed by atoms with van der Waals surface area (Å²) in [7, 11) is 3.23. The Bertz CT molecular complexity index is 695. The second-order valence-electron chi connectivity index (χ2n) is 5.00. The molecule has 1 aromatic carbocycles. The maximum Gasteiger partial charge on any atom is 0.336 e. The highest BCUT2D eigenvalue weighted by molar-refractivity contribution is 5.88. The average molecular weight is 274 g/mol. The molecule has 0 aliphatic rings. The van der Waals surface area contributed by atoms with Gasteiger partial charge >= 0.3 is 5.63 Å². The van der Waals surface area contributed by atoms with E-state index in [0.717, 1.165) is 10.9 Å². The molecule has 0 atom stereocenters. The predicted octanol–water partition coefficient (Wildman–Crippen LogP) is 3.24. The Morgan fingerprint density at radius 3 is 2.50 bits per heavy atom. The van der Waals surface area contributed by atoms with Crippen molar-refractivity contribution >= 4 is 17.0 Å². The summed E-state index contributed by atoms with van der Waals surface area (Å²) in [5.41, 5.74) is 0.446. The first kappa shape index (κ1) is 14.3. The van der Waals surface area contributed by atoms with Crippen molar-refractivity contribution in [2.24, 2.45) is 0 Å². The van der Waals surface area contributed by atoms with Gasteiger partial charge in [0.25, 0.3) is 0 Å². The largest absolute Gasteiger partial charge is 0.496 e. The Balaban J connectivity index is 2.65. The number of benzene rings is 1. The van der Waals surface area contributed by atoms with Gasteiger partial charge in [-0.05, 0) is 38.1 Å². The van der Waals surface area contributed by atoms with E-state index >= 15 is 0 Å². The van der Waals surface area contributed by atoms with E-state index in [0.29, 0.717) is 11.3 Å². The second-order valence-corrected chi connectivity index (χ2v) is 5.00. The molecule has 0 bridgehead atoms. The Morgan fingerprint density at radius 1 is 1.15 bits per heavy atom. The second kappa shape index (κ2) is 5.51. The first-order valence-corrected chi connectivity index (χ1v) is 6.32. The van der Waals surface area contributed by atoms with Crippen molar-refractivity contribution in [3.8, 4) is 5.75 Å². The lowest BCUT2D eigenvalue weighted by Gasteiger charge is -2.18. The lowest BCUT2D eigenvalue weighted by atomic mass is 10.0. The van der Waals surface area contributed by atoms with E-state index in [9.17, 15) is 4.79 Å². The summed E-state index contributed by atoms with van der Waals surface area (Å²) >= 11 is 0. The van der Waals surface area contributed by atoms with Crippen molar-refractivity contribution in [2.75, 3.05) is 14.2 Å². The van der Waals surface area contributed by atoms with Gasteiger partial charge in [-0.2, -0.15) is 0 Å². The van der Waals surface area contributed by atoms with Gasteiger partial charge in [0.2, 0.25) is 0 Å². The van der Waals surface area contributed by atoms with Crippen molar-refractivity contribution < 1.29 is 13.9 Å². The van der Waals surface area contributed by atoms with Gasteiger partial charge < -0.3 is 13.9 Å². The first-order chi connectivity index (χ1) is 9.46. The molecule has 0 saturated carbocycles. The molecule has 0 amide bonds. The summed E-state index contributed by atoms with van der Waals surface area (Å²) in [5, 5.41) is 0.847. The zero-order chi connectivity index (χ0) is 14.8. The van der Waals surface area contributed by atoms with Crippen LogP contribution in [0.5, 0.6) is 5.75 Å². The number of rotatable bonds is 4. The fourth-order valence-corrected chi connectivity index (χ4v) is 1.82. The highest BCUT2D eigenvalue weighted by atomic mass is 16.5. The van der Waals surface area contributed by atoms with Crippen molar-refractivity contribution in [3.63, 3.8) is 0 Å². The van der Waals surface area contributed by atoms with Crippen LogP contribution in [0, 0.1) is 0 Å². The van der Waals surface area contributed by atoms with Gasteiger partial charge in [0.05, 0.1) is 18.3 Å². The van der Waals surface area contributed by atoms with Crippen LogP contribution < -0.4 is 10.4 Å². The smallest absolute Gasteiger partial charge is 0.336 e. The van der Waals surface area contributed by atoms with Crippen molar-refractivity contribution in [3.05, 3.63) is 46.3 Å².